The Morgan fingerprint density at radius 3 is 2.80 bits per heavy atom. The lowest BCUT2D eigenvalue weighted by atomic mass is 10.2. The largest absolute Gasteiger partial charge is 0.473 e. The van der Waals surface area contributed by atoms with E-state index in [2.05, 4.69) is 10.3 Å². The Labute approximate surface area is 122 Å². The smallest absolute Gasteiger partial charge is 0.213 e. The van der Waals surface area contributed by atoms with E-state index in [-0.39, 0.29) is 12.4 Å². The minimum atomic E-state index is -0.283. The van der Waals surface area contributed by atoms with Gasteiger partial charge in [-0.15, -0.1) is 0 Å². The third-order valence-corrected chi connectivity index (χ3v) is 3.11. The number of pyridine rings is 1. The van der Waals surface area contributed by atoms with Crippen LogP contribution < -0.4 is 10.1 Å². The summed E-state index contributed by atoms with van der Waals surface area (Å²) in [7, 11) is 0. The molecule has 0 aliphatic heterocycles. The molecule has 0 radical (unpaired) electrons. The monoisotopic (exact) mass is 294 g/mol. The van der Waals surface area contributed by atoms with Crippen LogP contribution >= 0.6 is 11.6 Å². The highest BCUT2D eigenvalue weighted by molar-refractivity contribution is 6.31. The highest BCUT2D eigenvalue weighted by Gasteiger charge is 2.06. The number of hydrogen-bond donors (Lipinski definition) is 1. The first kappa shape index (κ1) is 14.8. The topological polar surface area (TPSA) is 34.2 Å². The van der Waals surface area contributed by atoms with E-state index in [0.717, 1.165) is 12.2 Å². The fourth-order valence-electron chi connectivity index (χ4n) is 1.68. The maximum atomic E-state index is 13.5. The molecule has 0 atom stereocenters. The summed E-state index contributed by atoms with van der Waals surface area (Å²) >= 11 is 6.06. The molecule has 1 aromatic heterocycles. The number of nitrogens with one attached hydrogen (secondary N) is 1. The minimum absolute atomic E-state index is 0.141. The zero-order chi connectivity index (χ0) is 14.4. The molecule has 1 N–H and O–H groups in total. The van der Waals surface area contributed by atoms with Crippen LogP contribution in [0.2, 0.25) is 5.02 Å². The second kappa shape index (κ2) is 7.22. The van der Waals surface area contributed by atoms with E-state index < -0.39 is 0 Å². The van der Waals surface area contributed by atoms with Gasteiger partial charge in [0.05, 0.1) is 10.7 Å². The SMILES string of the molecule is CCNCc1nc(OCc2ccccc2F)ccc1Cl. The third-order valence-electron chi connectivity index (χ3n) is 2.77. The van der Waals surface area contributed by atoms with E-state index in [4.69, 9.17) is 16.3 Å². The number of benzene rings is 1. The van der Waals surface area contributed by atoms with Gasteiger partial charge in [0.15, 0.2) is 0 Å². The van der Waals surface area contributed by atoms with Gasteiger partial charge in [0.2, 0.25) is 5.88 Å². The van der Waals surface area contributed by atoms with E-state index in [0.29, 0.717) is 23.0 Å². The molecule has 0 aliphatic carbocycles. The quantitative estimate of drug-likeness (QED) is 0.884. The van der Waals surface area contributed by atoms with Gasteiger partial charge in [0.25, 0.3) is 0 Å². The number of hydrogen-bond acceptors (Lipinski definition) is 3. The Balaban J connectivity index is 2.04. The second-order valence-electron chi connectivity index (χ2n) is 4.24. The molecule has 5 heteroatoms. The summed E-state index contributed by atoms with van der Waals surface area (Å²) in [5, 5.41) is 3.74. The summed E-state index contributed by atoms with van der Waals surface area (Å²) in [5.74, 6) is 0.153. The molecule has 1 aromatic carbocycles. The maximum Gasteiger partial charge on any atom is 0.213 e. The van der Waals surface area contributed by atoms with Crippen molar-refractivity contribution >= 4 is 11.6 Å². The van der Waals surface area contributed by atoms with E-state index in [1.807, 2.05) is 6.92 Å². The van der Waals surface area contributed by atoms with Crippen molar-refractivity contribution in [2.45, 2.75) is 20.1 Å². The van der Waals surface area contributed by atoms with Gasteiger partial charge in [-0.1, -0.05) is 36.7 Å². The van der Waals surface area contributed by atoms with Crippen molar-refractivity contribution < 1.29 is 9.13 Å². The molecule has 0 amide bonds. The predicted molar refractivity (Wildman–Crippen MR) is 77.4 cm³/mol. The van der Waals surface area contributed by atoms with E-state index in [9.17, 15) is 4.39 Å². The summed E-state index contributed by atoms with van der Waals surface area (Å²) in [5.41, 5.74) is 1.22. The number of ether oxygens (including phenoxy) is 1. The molecule has 20 heavy (non-hydrogen) atoms. The Morgan fingerprint density at radius 1 is 1.25 bits per heavy atom. The molecule has 106 valence electrons. The van der Waals surface area contributed by atoms with Crippen LogP contribution in [-0.2, 0) is 13.2 Å². The fourth-order valence-corrected chi connectivity index (χ4v) is 1.85. The summed E-state index contributed by atoms with van der Waals surface area (Å²) in [6.45, 7) is 3.55. The normalized spacial score (nSPS) is 10.6. The van der Waals surface area contributed by atoms with Gasteiger partial charge < -0.3 is 10.1 Å². The predicted octanol–water partition coefficient (Wildman–Crippen LogP) is 3.56. The highest BCUT2D eigenvalue weighted by Crippen LogP contribution is 2.19. The maximum absolute atomic E-state index is 13.5. The van der Waals surface area contributed by atoms with Gasteiger partial charge in [0, 0.05) is 18.2 Å². The van der Waals surface area contributed by atoms with Crippen LogP contribution in [0.4, 0.5) is 4.39 Å². The van der Waals surface area contributed by atoms with E-state index >= 15 is 0 Å². The number of halogens is 2. The zero-order valence-corrected chi connectivity index (χ0v) is 12.0. The lowest BCUT2D eigenvalue weighted by Gasteiger charge is -2.09. The molecule has 3 nitrogen and oxygen atoms in total. The van der Waals surface area contributed by atoms with Gasteiger partial charge in [-0.3, -0.25) is 0 Å². The number of aromatic nitrogens is 1. The Bertz CT molecular complexity index is 578. The lowest BCUT2D eigenvalue weighted by Crippen LogP contribution is -2.13. The van der Waals surface area contributed by atoms with Crippen LogP contribution in [0.5, 0.6) is 5.88 Å². The standard InChI is InChI=1S/C15H16ClFN2O/c1-2-18-9-14-12(16)7-8-15(19-14)20-10-11-5-3-4-6-13(11)17/h3-8,18H,2,9-10H2,1H3. The molecular formula is C15H16ClFN2O. The van der Waals surface area contributed by atoms with Crippen molar-refractivity contribution in [1.29, 1.82) is 0 Å². The molecule has 0 aliphatic rings. The van der Waals surface area contributed by atoms with Crippen LogP contribution in [0.3, 0.4) is 0 Å². The van der Waals surface area contributed by atoms with Crippen molar-refractivity contribution in [2.75, 3.05) is 6.54 Å². The summed E-state index contributed by atoms with van der Waals surface area (Å²) in [4.78, 5) is 4.32. The minimum Gasteiger partial charge on any atom is -0.473 e. The summed E-state index contributed by atoms with van der Waals surface area (Å²) in [6.07, 6.45) is 0. The van der Waals surface area contributed by atoms with Crippen LogP contribution in [0.15, 0.2) is 36.4 Å². The van der Waals surface area contributed by atoms with Crippen molar-refractivity contribution in [3.8, 4) is 5.88 Å². The van der Waals surface area contributed by atoms with Crippen molar-refractivity contribution in [3.63, 3.8) is 0 Å². The zero-order valence-electron chi connectivity index (χ0n) is 11.2. The Kier molecular flexibility index (Phi) is 5.32. The first-order valence-corrected chi connectivity index (χ1v) is 6.81. The number of nitrogens with zero attached hydrogens (tertiary/aromatic N) is 1. The van der Waals surface area contributed by atoms with Crippen LogP contribution in [0.25, 0.3) is 0 Å². The van der Waals surface area contributed by atoms with Gasteiger partial charge >= 0.3 is 0 Å². The van der Waals surface area contributed by atoms with Crippen LogP contribution in [-0.4, -0.2) is 11.5 Å². The first-order valence-electron chi connectivity index (χ1n) is 6.43. The lowest BCUT2D eigenvalue weighted by molar-refractivity contribution is 0.287. The van der Waals surface area contributed by atoms with Crippen molar-refractivity contribution in [2.24, 2.45) is 0 Å². The van der Waals surface area contributed by atoms with Gasteiger partial charge in [0.1, 0.15) is 12.4 Å². The van der Waals surface area contributed by atoms with Crippen molar-refractivity contribution in [1.82, 2.24) is 10.3 Å². The molecule has 0 saturated heterocycles. The number of rotatable bonds is 6. The molecule has 0 unspecified atom stereocenters. The molecule has 1 heterocycles. The van der Waals surface area contributed by atoms with Crippen molar-refractivity contribution in [3.05, 3.63) is 58.5 Å². The third kappa shape index (κ3) is 3.92. The second-order valence-corrected chi connectivity index (χ2v) is 4.65. The van der Waals surface area contributed by atoms with Crippen LogP contribution in [0, 0.1) is 5.82 Å². The Morgan fingerprint density at radius 2 is 2.05 bits per heavy atom. The average Bonchev–Trinajstić information content (AvgIpc) is 2.46. The fraction of sp³-hybridized carbons (Fsp3) is 0.267. The Hall–Kier alpha value is -1.65. The van der Waals surface area contributed by atoms with E-state index in [1.165, 1.54) is 6.07 Å². The van der Waals surface area contributed by atoms with Crippen LogP contribution in [0.1, 0.15) is 18.2 Å². The summed E-state index contributed by atoms with van der Waals surface area (Å²) < 4.78 is 19.0. The van der Waals surface area contributed by atoms with E-state index in [1.54, 1.807) is 30.3 Å². The molecule has 0 saturated carbocycles. The average molecular weight is 295 g/mol. The molecule has 0 spiro atoms. The highest BCUT2D eigenvalue weighted by atomic mass is 35.5. The van der Waals surface area contributed by atoms with Gasteiger partial charge in [-0.2, -0.15) is 0 Å². The summed E-state index contributed by atoms with van der Waals surface area (Å²) in [6, 6.07) is 9.92. The molecule has 0 bridgehead atoms. The molecular weight excluding hydrogens is 279 g/mol. The van der Waals surface area contributed by atoms with Gasteiger partial charge in [-0.25, -0.2) is 9.37 Å². The molecule has 2 aromatic rings. The molecule has 2 rings (SSSR count). The molecule has 0 fully saturated rings. The first-order chi connectivity index (χ1) is 9.70. The van der Waals surface area contributed by atoms with Gasteiger partial charge in [-0.05, 0) is 18.7 Å².